The van der Waals surface area contributed by atoms with E-state index in [9.17, 15) is 0 Å². The van der Waals surface area contributed by atoms with Gasteiger partial charge >= 0.3 is 0 Å². The van der Waals surface area contributed by atoms with E-state index in [0.717, 1.165) is 37.5 Å². The fraction of sp³-hybridized carbons (Fsp3) is 0.538. The highest BCUT2D eigenvalue weighted by Crippen LogP contribution is 2.20. The third-order valence-electron chi connectivity index (χ3n) is 2.94. The summed E-state index contributed by atoms with van der Waals surface area (Å²) >= 11 is 0. The van der Waals surface area contributed by atoms with E-state index in [1.54, 1.807) is 6.07 Å². The molecule has 0 aromatic carbocycles. The lowest BCUT2D eigenvalue weighted by molar-refractivity contribution is 0.0820. The highest BCUT2D eigenvalue weighted by Gasteiger charge is 2.18. The standard InChI is InChI=1S/C13H17N3O/c1-10-4-5-12(8-14)15-13(10)16-6-3-7-17-11(2)9-16/h4-5,11H,3,6-7,9H2,1-2H3/t11-/m0/s1. The van der Waals surface area contributed by atoms with Crippen molar-refractivity contribution in [2.24, 2.45) is 0 Å². The summed E-state index contributed by atoms with van der Waals surface area (Å²) in [6, 6.07) is 5.81. The second kappa shape index (κ2) is 5.15. The van der Waals surface area contributed by atoms with Gasteiger partial charge in [-0.1, -0.05) is 6.07 Å². The van der Waals surface area contributed by atoms with E-state index < -0.39 is 0 Å². The van der Waals surface area contributed by atoms with E-state index in [1.165, 1.54) is 0 Å². The predicted molar refractivity (Wildman–Crippen MR) is 65.9 cm³/mol. The van der Waals surface area contributed by atoms with E-state index in [4.69, 9.17) is 10.00 Å². The Bertz CT molecular complexity index is 439. The van der Waals surface area contributed by atoms with Crippen molar-refractivity contribution < 1.29 is 4.74 Å². The molecule has 0 radical (unpaired) electrons. The Labute approximate surface area is 102 Å². The number of anilines is 1. The number of pyridine rings is 1. The lowest BCUT2D eigenvalue weighted by atomic mass is 10.2. The van der Waals surface area contributed by atoms with Crippen LogP contribution in [0.4, 0.5) is 5.82 Å². The maximum Gasteiger partial charge on any atom is 0.142 e. The van der Waals surface area contributed by atoms with Crippen LogP contribution in [0.2, 0.25) is 0 Å². The first kappa shape index (κ1) is 11.9. The van der Waals surface area contributed by atoms with Crippen molar-refractivity contribution in [2.45, 2.75) is 26.4 Å². The van der Waals surface area contributed by atoms with Crippen LogP contribution in [0.1, 0.15) is 24.6 Å². The number of hydrogen-bond donors (Lipinski definition) is 0. The number of rotatable bonds is 1. The Morgan fingerprint density at radius 1 is 1.53 bits per heavy atom. The summed E-state index contributed by atoms with van der Waals surface area (Å²) in [5, 5.41) is 8.90. The zero-order chi connectivity index (χ0) is 12.3. The average molecular weight is 231 g/mol. The lowest BCUT2D eigenvalue weighted by Gasteiger charge is -2.24. The molecule has 1 aromatic heterocycles. The molecule has 4 heteroatoms. The molecular formula is C13H17N3O. The second-order valence-electron chi connectivity index (χ2n) is 4.43. The third kappa shape index (κ3) is 2.75. The summed E-state index contributed by atoms with van der Waals surface area (Å²) in [5.41, 5.74) is 1.58. The van der Waals surface area contributed by atoms with Crippen molar-refractivity contribution in [2.75, 3.05) is 24.6 Å². The molecule has 0 bridgehead atoms. The van der Waals surface area contributed by atoms with Gasteiger partial charge < -0.3 is 9.64 Å². The van der Waals surface area contributed by atoms with Gasteiger partial charge in [-0.2, -0.15) is 5.26 Å². The number of aromatic nitrogens is 1. The Hall–Kier alpha value is -1.60. The smallest absolute Gasteiger partial charge is 0.142 e. The Balaban J connectivity index is 2.28. The summed E-state index contributed by atoms with van der Waals surface area (Å²) < 4.78 is 5.62. The van der Waals surface area contributed by atoms with Gasteiger partial charge in [0.05, 0.1) is 6.10 Å². The largest absolute Gasteiger partial charge is 0.377 e. The second-order valence-corrected chi connectivity index (χ2v) is 4.43. The van der Waals surface area contributed by atoms with Crippen molar-refractivity contribution >= 4 is 5.82 Å². The minimum Gasteiger partial charge on any atom is -0.377 e. The van der Waals surface area contributed by atoms with E-state index in [2.05, 4.69) is 22.9 Å². The minimum absolute atomic E-state index is 0.212. The molecule has 2 rings (SSSR count). The van der Waals surface area contributed by atoms with Crippen LogP contribution in [-0.4, -0.2) is 30.8 Å². The molecule has 0 saturated carbocycles. The molecule has 1 aliphatic heterocycles. The fourth-order valence-electron chi connectivity index (χ4n) is 2.09. The number of nitriles is 1. The zero-order valence-corrected chi connectivity index (χ0v) is 10.3. The van der Waals surface area contributed by atoms with E-state index in [0.29, 0.717) is 5.69 Å². The molecule has 0 spiro atoms. The molecule has 1 atom stereocenters. The summed E-state index contributed by atoms with van der Waals surface area (Å²) in [6.07, 6.45) is 1.21. The average Bonchev–Trinajstić information content (AvgIpc) is 2.54. The molecule has 4 nitrogen and oxygen atoms in total. The Morgan fingerprint density at radius 2 is 2.35 bits per heavy atom. The predicted octanol–water partition coefficient (Wildman–Crippen LogP) is 1.88. The molecule has 17 heavy (non-hydrogen) atoms. The van der Waals surface area contributed by atoms with Crippen molar-refractivity contribution in [3.63, 3.8) is 0 Å². The number of nitrogens with zero attached hydrogens (tertiary/aromatic N) is 3. The van der Waals surface area contributed by atoms with Crippen molar-refractivity contribution in [3.05, 3.63) is 23.4 Å². The van der Waals surface area contributed by atoms with Crippen LogP contribution in [0.3, 0.4) is 0 Å². The number of aryl methyl sites for hydroxylation is 1. The van der Waals surface area contributed by atoms with Crippen molar-refractivity contribution in [1.29, 1.82) is 5.26 Å². The molecule has 0 unspecified atom stereocenters. The van der Waals surface area contributed by atoms with Gasteiger partial charge in [-0.25, -0.2) is 4.98 Å². The quantitative estimate of drug-likeness (QED) is 0.740. The molecule has 1 aromatic rings. The third-order valence-corrected chi connectivity index (χ3v) is 2.94. The minimum atomic E-state index is 0.212. The van der Waals surface area contributed by atoms with Crippen molar-refractivity contribution in [1.82, 2.24) is 4.98 Å². The fourth-order valence-corrected chi connectivity index (χ4v) is 2.09. The van der Waals surface area contributed by atoms with Crippen molar-refractivity contribution in [3.8, 4) is 6.07 Å². The van der Waals surface area contributed by atoms with Crippen LogP contribution < -0.4 is 4.90 Å². The van der Waals surface area contributed by atoms with E-state index in [1.807, 2.05) is 13.0 Å². The Kier molecular flexibility index (Phi) is 3.60. The normalized spacial score (nSPS) is 20.8. The van der Waals surface area contributed by atoms with Crippen LogP contribution >= 0.6 is 0 Å². The van der Waals surface area contributed by atoms with Crippen LogP contribution in [0.5, 0.6) is 0 Å². The first-order valence-corrected chi connectivity index (χ1v) is 5.95. The van der Waals surface area contributed by atoms with Crippen LogP contribution in [0, 0.1) is 18.3 Å². The molecule has 1 fully saturated rings. The van der Waals surface area contributed by atoms with Gasteiger partial charge in [0.2, 0.25) is 0 Å². The van der Waals surface area contributed by atoms with E-state index in [-0.39, 0.29) is 6.10 Å². The van der Waals surface area contributed by atoms with Crippen LogP contribution in [0.25, 0.3) is 0 Å². The first-order valence-electron chi connectivity index (χ1n) is 5.95. The Morgan fingerprint density at radius 3 is 3.12 bits per heavy atom. The monoisotopic (exact) mass is 231 g/mol. The summed E-state index contributed by atoms with van der Waals surface area (Å²) in [5.74, 6) is 0.918. The molecule has 2 heterocycles. The maximum atomic E-state index is 8.90. The zero-order valence-electron chi connectivity index (χ0n) is 10.3. The van der Waals surface area contributed by atoms with Gasteiger partial charge in [-0.15, -0.1) is 0 Å². The van der Waals surface area contributed by atoms with Gasteiger partial charge in [0.1, 0.15) is 17.6 Å². The summed E-state index contributed by atoms with van der Waals surface area (Å²) in [7, 11) is 0. The van der Waals surface area contributed by atoms with Gasteiger partial charge in [0.15, 0.2) is 0 Å². The molecule has 0 N–H and O–H groups in total. The molecule has 1 saturated heterocycles. The molecule has 1 aliphatic rings. The SMILES string of the molecule is Cc1ccc(C#N)nc1N1CCCO[C@@H](C)C1. The lowest BCUT2D eigenvalue weighted by Crippen LogP contribution is -2.31. The van der Waals surface area contributed by atoms with Crippen LogP contribution in [-0.2, 0) is 4.74 Å². The maximum absolute atomic E-state index is 8.90. The highest BCUT2D eigenvalue weighted by molar-refractivity contribution is 5.48. The van der Waals surface area contributed by atoms with Gasteiger partial charge in [-0.05, 0) is 31.9 Å². The summed E-state index contributed by atoms with van der Waals surface area (Å²) in [4.78, 5) is 6.62. The summed E-state index contributed by atoms with van der Waals surface area (Å²) in [6.45, 7) is 6.67. The van der Waals surface area contributed by atoms with Crippen LogP contribution in [0.15, 0.2) is 12.1 Å². The van der Waals surface area contributed by atoms with Gasteiger partial charge in [-0.3, -0.25) is 0 Å². The van der Waals surface area contributed by atoms with Gasteiger partial charge in [0, 0.05) is 19.7 Å². The molecule has 0 amide bonds. The number of hydrogen-bond acceptors (Lipinski definition) is 4. The topological polar surface area (TPSA) is 49.2 Å². The highest BCUT2D eigenvalue weighted by atomic mass is 16.5. The molecule has 90 valence electrons. The van der Waals surface area contributed by atoms with Gasteiger partial charge in [0.25, 0.3) is 0 Å². The van der Waals surface area contributed by atoms with E-state index >= 15 is 0 Å². The molecular weight excluding hydrogens is 214 g/mol. The first-order chi connectivity index (χ1) is 8.20. The number of ether oxygens (including phenoxy) is 1. The molecule has 0 aliphatic carbocycles.